The van der Waals surface area contributed by atoms with Gasteiger partial charge in [0.2, 0.25) is 0 Å². The highest BCUT2D eigenvalue weighted by Gasteiger charge is 2.61. The summed E-state index contributed by atoms with van der Waals surface area (Å²) in [5.41, 5.74) is 0.334. The van der Waals surface area contributed by atoms with Gasteiger partial charge in [-0.2, -0.15) is 18.3 Å². The fourth-order valence-electron chi connectivity index (χ4n) is 4.38. The zero-order chi connectivity index (χ0) is 19.2. The number of alkyl halides is 3. The predicted octanol–water partition coefficient (Wildman–Crippen LogP) is 3.77. The summed E-state index contributed by atoms with van der Waals surface area (Å²) in [5, 5.41) is 7.12. The van der Waals surface area contributed by atoms with Crippen LogP contribution in [0.25, 0.3) is 0 Å². The second kappa shape index (κ2) is 6.46. The van der Waals surface area contributed by atoms with Gasteiger partial charge < -0.3 is 10.2 Å². The van der Waals surface area contributed by atoms with Crippen LogP contribution in [-0.4, -0.2) is 40.5 Å². The zero-order valence-electron chi connectivity index (χ0n) is 15.6. The zero-order valence-corrected chi connectivity index (χ0v) is 15.6. The number of urea groups is 1. The third kappa shape index (κ3) is 3.30. The summed E-state index contributed by atoms with van der Waals surface area (Å²) in [6.45, 7) is 2.86. The SMILES string of the molecule is Cc1c(CN(C)C(=O)NCC23CCC(C(F)(F)F)(CC2)CC3)cnn1C. The van der Waals surface area contributed by atoms with Crippen LogP contribution in [0.4, 0.5) is 18.0 Å². The topological polar surface area (TPSA) is 50.2 Å². The molecule has 3 saturated carbocycles. The van der Waals surface area contributed by atoms with E-state index in [0.717, 1.165) is 11.3 Å². The Hall–Kier alpha value is -1.73. The van der Waals surface area contributed by atoms with Crippen LogP contribution in [-0.2, 0) is 13.6 Å². The number of nitrogens with zero attached hydrogens (tertiary/aromatic N) is 3. The van der Waals surface area contributed by atoms with Crippen LogP contribution in [0.5, 0.6) is 0 Å². The van der Waals surface area contributed by atoms with Crippen LogP contribution in [0.15, 0.2) is 6.20 Å². The Morgan fingerprint density at radius 3 is 2.31 bits per heavy atom. The summed E-state index contributed by atoms with van der Waals surface area (Å²) in [6, 6.07) is -0.194. The molecule has 0 aromatic carbocycles. The van der Waals surface area contributed by atoms with Crippen LogP contribution in [0.2, 0.25) is 0 Å². The summed E-state index contributed by atoms with van der Waals surface area (Å²) >= 11 is 0. The van der Waals surface area contributed by atoms with Crippen molar-refractivity contribution < 1.29 is 18.0 Å². The molecule has 1 N–H and O–H groups in total. The number of hydrogen-bond donors (Lipinski definition) is 1. The number of carbonyl (C=O) groups excluding carboxylic acids is 1. The summed E-state index contributed by atoms with van der Waals surface area (Å²) in [5.74, 6) is 0. The normalized spacial score (nSPS) is 28.2. The van der Waals surface area contributed by atoms with E-state index < -0.39 is 11.6 Å². The van der Waals surface area contributed by atoms with E-state index in [2.05, 4.69) is 10.4 Å². The molecule has 8 heteroatoms. The highest BCUT2D eigenvalue weighted by molar-refractivity contribution is 5.73. The number of hydrogen-bond acceptors (Lipinski definition) is 2. The van der Waals surface area contributed by atoms with Crippen LogP contribution in [0, 0.1) is 17.8 Å². The molecule has 3 fully saturated rings. The quantitative estimate of drug-likeness (QED) is 0.875. The molecule has 2 bridgehead atoms. The van der Waals surface area contributed by atoms with Crippen molar-refractivity contribution in [1.29, 1.82) is 0 Å². The van der Waals surface area contributed by atoms with Crippen molar-refractivity contribution in [2.24, 2.45) is 17.9 Å². The number of carbonyl (C=O) groups is 1. The Bertz CT molecular complexity index is 658. The molecule has 0 atom stereocenters. The first-order valence-electron chi connectivity index (χ1n) is 9.11. The summed E-state index contributed by atoms with van der Waals surface area (Å²) in [7, 11) is 3.57. The van der Waals surface area contributed by atoms with E-state index in [1.54, 1.807) is 22.8 Å². The Morgan fingerprint density at radius 1 is 1.27 bits per heavy atom. The van der Waals surface area contributed by atoms with E-state index in [-0.39, 0.29) is 30.7 Å². The largest absolute Gasteiger partial charge is 0.394 e. The van der Waals surface area contributed by atoms with Gasteiger partial charge in [0.15, 0.2) is 0 Å². The smallest absolute Gasteiger partial charge is 0.337 e. The molecule has 3 aliphatic carbocycles. The molecule has 26 heavy (non-hydrogen) atoms. The first-order valence-corrected chi connectivity index (χ1v) is 9.11. The Kier molecular flexibility index (Phi) is 4.73. The molecule has 5 nitrogen and oxygen atoms in total. The number of aromatic nitrogens is 2. The number of aryl methyl sites for hydroxylation is 1. The lowest BCUT2D eigenvalue weighted by atomic mass is 9.53. The highest BCUT2D eigenvalue weighted by atomic mass is 19.4. The van der Waals surface area contributed by atoms with Crippen molar-refractivity contribution in [3.05, 3.63) is 17.5 Å². The van der Waals surface area contributed by atoms with Crippen molar-refractivity contribution in [2.45, 2.75) is 58.2 Å². The van der Waals surface area contributed by atoms with E-state index in [4.69, 9.17) is 0 Å². The number of fused-ring (bicyclic) bond motifs is 3. The molecule has 0 saturated heterocycles. The second-order valence-electron chi connectivity index (χ2n) is 8.17. The van der Waals surface area contributed by atoms with Gasteiger partial charge in [-0.1, -0.05) is 0 Å². The molecule has 4 rings (SSSR count). The molecule has 3 aliphatic rings. The van der Waals surface area contributed by atoms with E-state index in [1.165, 1.54) is 0 Å². The lowest BCUT2D eigenvalue weighted by Gasteiger charge is -2.53. The molecule has 0 aliphatic heterocycles. The molecule has 146 valence electrons. The second-order valence-corrected chi connectivity index (χ2v) is 8.17. The predicted molar refractivity (Wildman–Crippen MR) is 91.4 cm³/mol. The van der Waals surface area contributed by atoms with Crippen molar-refractivity contribution in [2.75, 3.05) is 13.6 Å². The lowest BCUT2D eigenvalue weighted by molar-refractivity contribution is -0.259. The summed E-state index contributed by atoms with van der Waals surface area (Å²) in [6.07, 6.45) is -0.165. The van der Waals surface area contributed by atoms with Gasteiger partial charge >= 0.3 is 12.2 Å². The van der Waals surface area contributed by atoms with E-state index in [0.29, 0.717) is 32.4 Å². The van der Waals surface area contributed by atoms with Crippen molar-refractivity contribution >= 4 is 6.03 Å². The molecular formula is C18H27F3N4O. The Balaban J connectivity index is 1.53. The van der Waals surface area contributed by atoms with E-state index >= 15 is 0 Å². The summed E-state index contributed by atoms with van der Waals surface area (Å²) in [4.78, 5) is 14.0. The maximum absolute atomic E-state index is 13.3. The fraction of sp³-hybridized carbons (Fsp3) is 0.778. The van der Waals surface area contributed by atoms with Gasteiger partial charge in [0.05, 0.1) is 18.2 Å². The minimum absolute atomic E-state index is 0.173. The Morgan fingerprint density at radius 2 is 1.85 bits per heavy atom. The number of nitrogens with one attached hydrogen (secondary N) is 1. The average molecular weight is 372 g/mol. The maximum Gasteiger partial charge on any atom is 0.394 e. The van der Waals surface area contributed by atoms with Crippen molar-refractivity contribution in [3.63, 3.8) is 0 Å². The van der Waals surface area contributed by atoms with Gasteiger partial charge in [-0.3, -0.25) is 4.68 Å². The monoisotopic (exact) mass is 372 g/mol. The summed E-state index contributed by atoms with van der Waals surface area (Å²) < 4.78 is 41.7. The molecule has 0 spiro atoms. The molecule has 1 aromatic heterocycles. The first-order chi connectivity index (χ1) is 12.1. The Labute approximate surface area is 151 Å². The number of amides is 2. The molecule has 0 radical (unpaired) electrons. The molecule has 1 aromatic rings. The molecular weight excluding hydrogens is 345 g/mol. The highest BCUT2D eigenvalue weighted by Crippen LogP contribution is 2.62. The van der Waals surface area contributed by atoms with Crippen molar-refractivity contribution in [1.82, 2.24) is 20.0 Å². The number of halogens is 3. The number of rotatable bonds is 4. The minimum atomic E-state index is -4.11. The molecule has 1 heterocycles. The van der Waals surface area contributed by atoms with E-state index in [1.807, 2.05) is 14.0 Å². The van der Waals surface area contributed by atoms with Gasteiger partial charge in [-0.15, -0.1) is 0 Å². The van der Waals surface area contributed by atoms with Crippen LogP contribution in [0.3, 0.4) is 0 Å². The molecule has 0 unspecified atom stereocenters. The van der Waals surface area contributed by atoms with Crippen LogP contribution >= 0.6 is 0 Å². The standard InChI is InChI=1S/C18H27F3N4O/c1-13-14(10-23-25(13)3)11-24(2)15(26)22-12-16-4-7-17(8-5-16,9-6-16)18(19,20)21/h10H,4-9,11-12H2,1-3H3,(H,22,26). The maximum atomic E-state index is 13.3. The van der Waals surface area contributed by atoms with Gasteiger partial charge in [-0.05, 0) is 50.9 Å². The lowest BCUT2D eigenvalue weighted by Crippen LogP contribution is -2.53. The van der Waals surface area contributed by atoms with Crippen LogP contribution in [0.1, 0.15) is 49.8 Å². The fourth-order valence-corrected chi connectivity index (χ4v) is 4.38. The average Bonchev–Trinajstić information content (AvgIpc) is 2.92. The van der Waals surface area contributed by atoms with Gasteiger partial charge in [-0.25, -0.2) is 4.79 Å². The van der Waals surface area contributed by atoms with Gasteiger partial charge in [0, 0.05) is 31.9 Å². The van der Waals surface area contributed by atoms with Gasteiger partial charge in [0.25, 0.3) is 0 Å². The molecule has 2 amide bonds. The van der Waals surface area contributed by atoms with Crippen molar-refractivity contribution in [3.8, 4) is 0 Å². The van der Waals surface area contributed by atoms with E-state index in [9.17, 15) is 18.0 Å². The minimum Gasteiger partial charge on any atom is -0.337 e. The third-order valence-corrected chi connectivity index (χ3v) is 6.71. The van der Waals surface area contributed by atoms with Crippen LogP contribution < -0.4 is 5.32 Å². The van der Waals surface area contributed by atoms with Gasteiger partial charge in [0.1, 0.15) is 0 Å². The first kappa shape index (κ1) is 19.0. The third-order valence-electron chi connectivity index (χ3n) is 6.71.